The van der Waals surface area contributed by atoms with Crippen molar-refractivity contribution in [2.75, 3.05) is 7.11 Å². The highest BCUT2D eigenvalue weighted by Crippen LogP contribution is 2.48. The van der Waals surface area contributed by atoms with E-state index < -0.39 is 34.4 Å². The van der Waals surface area contributed by atoms with Gasteiger partial charge < -0.3 is 20.1 Å². The van der Waals surface area contributed by atoms with E-state index in [0.29, 0.717) is 0 Å². The third-order valence-electron chi connectivity index (χ3n) is 5.53. The van der Waals surface area contributed by atoms with Gasteiger partial charge in [0.05, 0.1) is 23.8 Å². The molecular formula is C21H17O7. The van der Waals surface area contributed by atoms with Crippen LogP contribution in [0.5, 0.6) is 17.2 Å². The lowest BCUT2D eigenvalue weighted by molar-refractivity contribution is -0.135. The van der Waals surface area contributed by atoms with Crippen LogP contribution in [0.25, 0.3) is 0 Å². The molecule has 4 rings (SSSR count). The Bertz CT molecular complexity index is 1080. The Labute approximate surface area is 160 Å². The molecule has 0 saturated carbocycles. The number of hydrogen-bond acceptors (Lipinski definition) is 7. The van der Waals surface area contributed by atoms with Gasteiger partial charge in [-0.3, -0.25) is 14.4 Å². The van der Waals surface area contributed by atoms with Crippen molar-refractivity contribution < 1.29 is 34.4 Å². The highest BCUT2D eigenvalue weighted by atomic mass is 16.5. The first-order valence-corrected chi connectivity index (χ1v) is 8.65. The van der Waals surface area contributed by atoms with E-state index in [1.165, 1.54) is 32.6 Å². The average Bonchev–Trinajstić information content (AvgIpc) is 2.68. The number of fused-ring (bicyclic) bond motifs is 3. The number of phenolic OH excluding ortho intramolecular Hbond substituents is 2. The molecular weight excluding hydrogens is 364 g/mol. The average molecular weight is 381 g/mol. The van der Waals surface area contributed by atoms with Crippen LogP contribution < -0.4 is 4.74 Å². The fourth-order valence-electron chi connectivity index (χ4n) is 3.92. The summed E-state index contributed by atoms with van der Waals surface area (Å²) in [6, 6.07) is 4.52. The van der Waals surface area contributed by atoms with Gasteiger partial charge in [-0.2, -0.15) is 0 Å². The summed E-state index contributed by atoms with van der Waals surface area (Å²) in [6.07, 6.45) is 1.04. The summed E-state index contributed by atoms with van der Waals surface area (Å²) in [4.78, 5) is 38.0. The number of ketones is 3. The summed E-state index contributed by atoms with van der Waals surface area (Å²) in [5.41, 5.74) is -2.10. The van der Waals surface area contributed by atoms with E-state index in [-0.39, 0.29) is 52.0 Å². The number of rotatable bonds is 2. The standard InChI is InChI=1S/C21H17O7/c1-9(22)21(27)7-6-10-12(8-21)19(25)15-16(17(10)23)20(26)14-11(18(15)24)4-3-5-13(14)28-2/h3-6,23,25,27H,7-8H2,1-2H3/t21-/m0/s1. The number of Topliss-reactive ketones (excluding diaryl/α,β-unsaturated/α-hetero) is 1. The van der Waals surface area contributed by atoms with Crippen LogP contribution in [0.3, 0.4) is 0 Å². The van der Waals surface area contributed by atoms with Gasteiger partial charge in [-0.25, -0.2) is 0 Å². The van der Waals surface area contributed by atoms with E-state index in [9.17, 15) is 29.7 Å². The first-order valence-electron chi connectivity index (χ1n) is 8.65. The zero-order valence-corrected chi connectivity index (χ0v) is 15.2. The third kappa shape index (κ3) is 2.23. The Morgan fingerprint density at radius 2 is 1.75 bits per heavy atom. The molecule has 0 aliphatic heterocycles. The Balaban J connectivity index is 2.00. The van der Waals surface area contributed by atoms with Gasteiger partial charge in [0.25, 0.3) is 0 Å². The predicted octanol–water partition coefficient (Wildman–Crippen LogP) is 1.70. The molecule has 2 aromatic carbocycles. The van der Waals surface area contributed by atoms with Crippen LogP contribution in [0.4, 0.5) is 0 Å². The normalized spacial score (nSPS) is 20.2. The Kier molecular flexibility index (Phi) is 3.83. The van der Waals surface area contributed by atoms with Gasteiger partial charge in [0.15, 0.2) is 11.6 Å². The monoisotopic (exact) mass is 381 g/mol. The van der Waals surface area contributed by atoms with Crippen LogP contribution in [0, 0.1) is 6.42 Å². The molecule has 143 valence electrons. The summed E-state index contributed by atoms with van der Waals surface area (Å²) in [6.45, 7) is 1.23. The van der Waals surface area contributed by atoms with Crippen molar-refractivity contribution in [3.05, 3.63) is 58.0 Å². The van der Waals surface area contributed by atoms with E-state index in [1.807, 2.05) is 0 Å². The molecule has 0 saturated heterocycles. The first-order chi connectivity index (χ1) is 13.2. The molecule has 28 heavy (non-hydrogen) atoms. The maximum atomic E-state index is 13.1. The second kappa shape index (κ2) is 5.90. The summed E-state index contributed by atoms with van der Waals surface area (Å²) in [5, 5.41) is 32.1. The number of aliphatic hydroxyl groups is 1. The Hall–Kier alpha value is -3.19. The molecule has 0 amide bonds. The fourth-order valence-corrected chi connectivity index (χ4v) is 3.92. The van der Waals surface area contributed by atoms with Crippen LogP contribution in [0.1, 0.15) is 56.3 Å². The topological polar surface area (TPSA) is 121 Å². The van der Waals surface area contributed by atoms with Crippen LogP contribution in [0.15, 0.2) is 18.2 Å². The van der Waals surface area contributed by atoms with Crippen LogP contribution in [0.2, 0.25) is 0 Å². The second-order valence-electron chi connectivity index (χ2n) is 7.05. The van der Waals surface area contributed by atoms with E-state index in [1.54, 1.807) is 6.07 Å². The summed E-state index contributed by atoms with van der Waals surface area (Å²) < 4.78 is 5.19. The molecule has 0 bridgehead atoms. The lowest BCUT2D eigenvalue weighted by Gasteiger charge is -2.33. The van der Waals surface area contributed by atoms with Crippen molar-refractivity contribution in [2.24, 2.45) is 0 Å². The zero-order chi connectivity index (χ0) is 20.4. The predicted molar refractivity (Wildman–Crippen MR) is 97.0 cm³/mol. The van der Waals surface area contributed by atoms with Crippen molar-refractivity contribution >= 4 is 17.3 Å². The molecule has 2 aliphatic rings. The molecule has 1 atom stereocenters. The SMILES string of the molecule is COc1cccc2c1C(=O)c1c(O)c3c(c(O)c1C2=O)C[C@](O)(C(C)=O)C[CH]3. The number of methoxy groups -OCH3 is 1. The number of hydrogen-bond donors (Lipinski definition) is 3. The van der Waals surface area contributed by atoms with Gasteiger partial charge in [0.1, 0.15) is 22.8 Å². The zero-order valence-electron chi connectivity index (χ0n) is 15.2. The fraction of sp³-hybridized carbons (Fsp3) is 0.238. The molecule has 2 aromatic rings. The molecule has 7 nitrogen and oxygen atoms in total. The summed E-state index contributed by atoms with van der Waals surface area (Å²) in [7, 11) is 1.36. The van der Waals surface area contributed by atoms with Gasteiger partial charge in [0.2, 0.25) is 5.78 Å². The highest BCUT2D eigenvalue weighted by molar-refractivity contribution is 6.31. The van der Waals surface area contributed by atoms with E-state index >= 15 is 0 Å². The second-order valence-corrected chi connectivity index (χ2v) is 7.05. The molecule has 0 spiro atoms. The highest BCUT2D eigenvalue weighted by Gasteiger charge is 2.44. The van der Waals surface area contributed by atoms with E-state index in [0.717, 1.165) is 0 Å². The van der Waals surface area contributed by atoms with Crippen molar-refractivity contribution in [3.8, 4) is 17.2 Å². The van der Waals surface area contributed by atoms with Gasteiger partial charge in [-0.15, -0.1) is 0 Å². The number of carbonyl (C=O) groups is 3. The molecule has 1 radical (unpaired) electrons. The number of aromatic hydroxyl groups is 2. The van der Waals surface area contributed by atoms with Crippen LogP contribution >= 0.6 is 0 Å². The quantitative estimate of drug-likeness (QED) is 0.578. The van der Waals surface area contributed by atoms with Gasteiger partial charge in [-0.05, 0) is 25.8 Å². The lowest BCUT2D eigenvalue weighted by Crippen LogP contribution is -2.42. The van der Waals surface area contributed by atoms with Gasteiger partial charge >= 0.3 is 0 Å². The minimum absolute atomic E-state index is 0.0215. The number of phenols is 2. The summed E-state index contributed by atoms with van der Waals surface area (Å²) >= 11 is 0. The number of benzene rings is 2. The van der Waals surface area contributed by atoms with Crippen molar-refractivity contribution in [3.63, 3.8) is 0 Å². The number of carbonyl (C=O) groups excluding carboxylic acids is 3. The molecule has 0 heterocycles. The molecule has 0 aromatic heterocycles. The smallest absolute Gasteiger partial charge is 0.202 e. The van der Waals surface area contributed by atoms with Gasteiger partial charge in [-0.1, -0.05) is 12.1 Å². The lowest BCUT2D eigenvalue weighted by atomic mass is 9.73. The minimum atomic E-state index is -1.74. The molecule has 0 unspecified atom stereocenters. The Morgan fingerprint density at radius 3 is 2.39 bits per heavy atom. The largest absolute Gasteiger partial charge is 0.507 e. The molecule has 0 fully saturated rings. The van der Waals surface area contributed by atoms with Gasteiger partial charge in [0, 0.05) is 23.1 Å². The molecule has 3 N–H and O–H groups in total. The maximum absolute atomic E-state index is 13.1. The van der Waals surface area contributed by atoms with Crippen LogP contribution in [-0.2, 0) is 11.2 Å². The van der Waals surface area contributed by atoms with Crippen molar-refractivity contribution in [1.29, 1.82) is 0 Å². The first kappa shape index (κ1) is 18.2. The summed E-state index contributed by atoms with van der Waals surface area (Å²) in [5.74, 6) is -2.56. The minimum Gasteiger partial charge on any atom is -0.507 e. The number of ether oxygens (including phenoxy) is 1. The third-order valence-corrected chi connectivity index (χ3v) is 5.53. The van der Waals surface area contributed by atoms with E-state index in [2.05, 4.69) is 0 Å². The van der Waals surface area contributed by atoms with Crippen molar-refractivity contribution in [1.82, 2.24) is 0 Å². The maximum Gasteiger partial charge on any atom is 0.202 e. The Morgan fingerprint density at radius 1 is 1.07 bits per heavy atom. The van der Waals surface area contributed by atoms with E-state index in [4.69, 9.17) is 4.74 Å². The van der Waals surface area contributed by atoms with Crippen LogP contribution in [-0.4, -0.2) is 45.4 Å². The molecule has 7 heteroatoms. The van der Waals surface area contributed by atoms with Crippen molar-refractivity contribution in [2.45, 2.75) is 25.4 Å². The molecule has 2 aliphatic carbocycles.